The molecule has 0 unspecified atom stereocenters. The minimum Gasteiger partial charge on any atom is -0.308 e. The van der Waals surface area contributed by atoms with Crippen LogP contribution in [0.5, 0.6) is 0 Å². The van der Waals surface area contributed by atoms with Crippen LogP contribution >= 0.6 is 0 Å². The molecule has 184 valence electrons. The predicted molar refractivity (Wildman–Crippen MR) is 164 cm³/mol. The number of nitrogens with zero attached hydrogens (tertiary/aromatic N) is 5. The van der Waals surface area contributed by atoms with Crippen molar-refractivity contribution in [1.82, 2.24) is 23.9 Å². The van der Waals surface area contributed by atoms with Crippen LogP contribution in [0.3, 0.4) is 0 Å². The number of fused-ring (bicyclic) bond motifs is 13. The van der Waals surface area contributed by atoms with Gasteiger partial charge in [0.15, 0.2) is 0 Å². The first-order valence-electron chi connectivity index (χ1n) is 13.5. The van der Waals surface area contributed by atoms with Crippen molar-refractivity contribution in [2.24, 2.45) is 0 Å². The van der Waals surface area contributed by atoms with E-state index < -0.39 is 0 Å². The Morgan fingerprint density at radius 1 is 0.500 bits per heavy atom. The van der Waals surface area contributed by atoms with Crippen molar-refractivity contribution in [1.29, 1.82) is 0 Å². The fraction of sp³-hybridized carbons (Fsp3) is 0. The van der Waals surface area contributed by atoms with E-state index >= 15 is 0 Å². The van der Waals surface area contributed by atoms with Crippen molar-refractivity contribution >= 4 is 81.7 Å². The molecule has 0 radical (unpaired) electrons. The quantitative estimate of drug-likeness (QED) is 0.223. The molecule has 0 amide bonds. The lowest BCUT2D eigenvalue weighted by Crippen LogP contribution is -2.01. The molecule has 0 aliphatic carbocycles. The molecule has 5 heteroatoms. The summed E-state index contributed by atoms with van der Waals surface area (Å²) in [5.41, 5.74) is 7.57. The Kier molecular flexibility index (Phi) is 3.62. The smallest absolute Gasteiger partial charge is 0.235 e. The Balaban J connectivity index is 1.54. The van der Waals surface area contributed by atoms with Crippen molar-refractivity contribution < 1.29 is 0 Å². The van der Waals surface area contributed by atoms with E-state index in [0.717, 1.165) is 22.1 Å². The lowest BCUT2D eigenvalue weighted by molar-refractivity contribution is 1.01. The van der Waals surface area contributed by atoms with E-state index in [1.165, 1.54) is 59.6 Å². The summed E-state index contributed by atoms with van der Waals surface area (Å²) in [6, 6.07) is 36.9. The van der Waals surface area contributed by atoms with Crippen LogP contribution in [0.4, 0.5) is 0 Å². The van der Waals surface area contributed by atoms with Crippen LogP contribution in [0.15, 0.2) is 116 Å². The largest absolute Gasteiger partial charge is 0.308 e. The third kappa shape index (κ3) is 2.37. The van der Waals surface area contributed by atoms with Gasteiger partial charge in [-0.2, -0.15) is 0 Å². The Hall–Kier alpha value is -5.55. The van der Waals surface area contributed by atoms with Crippen LogP contribution < -0.4 is 0 Å². The summed E-state index contributed by atoms with van der Waals surface area (Å²) in [5.74, 6) is 0.651. The number of pyridine rings is 1. The van der Waals surface area contributed by atoms with E-state index in [0.29, 0.717) is 5.95 Å². The van der Waals surface area contributed by atoms with Crippen LogP contribution in [0.1, 0.15) is 0 Å². The maximum Gasteiger partial charge on any atom is 0.235 e. The van der Waals surface area contributed by atoms with Gasteiger partial charge in [-0.25, -0.2) is 9.97 Å². The molecule has 0 saturated carbocycles. The minimum absolute atomic E-state index is 0.651. The van der Waals surface area contributed by atoms with Gasteiger partial charge in [-0.1, -0.05) is 72.8 Å². The highest BCUT2D eigenvalue weighted by Gasteiger charge is 2.25. The lowest BCUT2D eigenvalue weighted by Gasteiger charge is -2.09. The second kappa shape index (κ2) is 7.10. The molecule has 40 heavy (non-hydrogen) atoms. The second-order valence-corrected chi connectivity index (χ2v) is 10.5. The highest BCUT2D eigenvalue weighted by Crippen LogP contribution is 2.47. The fourth-order valence-corrected chi connectivity index (χ4v) is 6.95. The average molecular weight is 510 g/mol. The Labute approximate surface area is 226 Å². The molecular weight excluding hydrogens is 490 g/mol. The number of para-hydroxylation sites is 2. The van der Waals surface area contributed by atoms with Gasteiger partial charge in [0.1, 0.15) is 5.52 Å². The third-order valence-electron chi connectivity index (χ3n) is 8.53. The maximum atomic E-state index is 5.05. The van der Waals surface area contributed by atoms with E-state index in [1.807, 2.05) is 18.3 Å². The van der Waals surface area contributed by atoms with E-state index in [9.17, 15) is 0 Å². The SMILES string of the molecule is c1ccc2c(c1)ccc1c3c4c5ccccc5n5c6ccccc6c(cc3n(-c3ncc6ncccc6n3)c21)c45. The molecule has 5 aromatic carbocycles. The van der Waals surface area contributed by atoms with Gasteiger partial charge in [0.2, 0.25) is 5.95 Å². The molecular formula is C35H19N5. The standard InChI is InChI=1S/C35H19N5/c1-2-9-21-20(8-1)15-16-24-31-30(40(33(21)24)35-37-19-27-26(38-35)12-7-17-36-27)18-25-22-10-3-5-13-28(22)39-29-14-6-4-11-23(29)32(31)34(25)39/h1-19H. The highest BCUT2D eigenvalue weighted by molar-refractivity contribution is 6.37. The van der Waals surface area contributed by atoms with Crippen LogP contribution in [0.2, 0.25) is 0 Å². The first kappa shape index (κ1) is 20.4. The molecule has 10 rings (SSSR count). The number of aromatic nitrogens is 5. The van der Waals surface area contributed by atoms with Crippen molar-refractivity contribution in [2.45, 2.75) is 0 Å². The van der Waals surface area contributed by atoms with Crippen LogP contribution in [-0.2, 0) is 0 Å². The van der Waals surface area contributed by atoms with E-state index in [2.05, 4.69) is 105 Å². The zero-order valence-electron chi connectivity index (χ0n) is 21.2. The molecule has 5 heterocycles. The van der Waals surface area contributed by atoms with Gasteiger partial charge in [0.25, 0.3) is 0 Å². The normalized spacial score (nSPS) is 12.5. The molecule has 0 aliphatic heterocycles. The fourth-order valence-electron chi connectivity index (χ4n) is 6.95. The predicted octanol–water partition coefficient (Wildman–Crippen LogP) is 8.43. The van der Waals surface area contributed by atoms with E-state index in [1.54, 1.807) is 6.20 Å². The lowest BCUT2D eigenvalue weighted by atomic mass is 10.0. The summed E-state index contributed by atoms with van der Waals surface area (Å²) in [4.78, 5) is 14.4. The number of rotatable bonds is 1. The Morgan fingerprint density at radius 3 is 2.17 bits per heavy atom. The molecule has 0 spiro atoms. The second-order valence-electron chi connectivity index (χ2n) is 10.5. The maximum absolute atomic E-state index is 5.05. The van der Waals surface area contributed by atoms with Gasteiger partial charge in [-0.15, -0.1) is 0 Å². The van der Waals surface area contributed by atoms with E-state index in [-0.39, 0.29) is 0 Å². The first-order valence-corrected chi connectivity index (χ1v) is 13.5. The summed E-state index contributed by atoms with van der Waals surface area (Å²) in [6.45, 7) is 0. The van der Waals surface area contributed by atoms with Crippen LogP contribution in [0.25, 0.3) is 87.7 Å². The molecule has 5 nitrogen and oxygen atoms in total. The molecule has 0 atom stereocenters. The summed E-state index contributed by atoms with van der Waals surface area (Å²) < 4.78 is 4.71. The zero-order chi connectivity index (χ0) is 25.9. The monoisotopic (exact) mass is 509 g/mol. The summed E-state index contributed by atoms with van der Waals surface area (Å²) >= 11 is 0. The Bertz CT molecular complexity index is 2660. The number of hydrogen-bond acceptors (Lipinski definition) is 3. The summed E-state index contributed by atoms with van der Waals surface area (Å²) in [7, 11) is 0. The Morgan fingerprint density at radius 2 is 1.27 bits per heavy atom. The van der Waals surface area contributed by atoms with Gasteiger partial charge in [0, 0.05) is 43.9 Å². The molecule has 0 N–H and O–H groups in total. The molecule has 0 aliphatic rings. The van der Waals surface area contributed by atoms with Crippen LogP contribution in [0, 0.1) is 0 Å². The van der Waals surface area contributed by atoms with Crippen molar-refractivity contribution in [3.8, 4) is 5.95 Å². The highest BCUT2D eigenvalue weighted by atomic mass is 15.2. The summed E-state index contributed by atoms with van der Waals surface area (Å²) in [6.07, 6.45) is 3.62. The van der Waals surface area contributed by atoms with Gasteiger partial charge >= 0.3 is 0 Å². The first-order chi connectivity index (χ1) is 19.9. The zero-order valence-corrected chi connectivity index (χ0v) is 21.2. The van der Waals surface area contributed by atoms with Crippen molar-refractivity contribution in [3.05, 3.63) is 116 Å². The van der Waals surface area contributed by atoms with Crippen molar-refractivity contribution in [3.63, 3.8) is 0 Å². The van der Waals surface area contributed by atoms with Gasteiger partial charge in [-0.05, 0) is 35.7 Å². The molecule has 0 bridgehead atoms. The summed E-state index contributed by atoms with van der Waals surface area (Å²) in [5, 5.41) is 9.84. The molecule has 10 aromatic rings. The molecule has 0 saturated heterocycles. The topological polar surface area (TPSA) is 48.0 Å². The third-order valence-corrected chi connectivity index (χ3v) is 8.53. The average Bonchev–Trinajstić information content (AvgIpc) is 3.65. The van der Waals surface area contributed by atoms with Gasteiger partial charge < -0.3 is 4.40 Å². The number of benzene rings is 5. The molecule has 0 fully saturated rings. The number of hydrogen-bond donors (Lipinski definition) is 0. The van der Waals surface area contributed by atoms with Crippen LogP contribution in [-0.4, -0.2) is 23.9 Å². The van der Waals surface area contributed by atoms with Crippen molar-refractivity contribution in [2.75, 3.05) is 0 Å². The van der Waals surface area contributed by atoms with Gasteiger partial charge in [-0.3, -0.25) is 9.55 Å². The minimum atomic E-state index is 0.651. The molecule has 5 aromatic heterocycles. The van der Waals surface area contributed by atoms with E-state index in [4.69, 9.17) is 9.97 Å². The van der Waals surface area contributed by atoms with Gasteiger partial charge in [0.05, 0.1) is 39.3 Å².